The second-order valence-corrected chi connectivity index (χ2v) is 8.64. The number of nitrogens with zero attached hydrogens (tertiary/aromatic N) is 4. The molecular weight excluding hydrogens is 428 g/mol. The number of carbonyl (C=O) groups excluding carboxylic acids is 1. The molecule has 1 aliphatic rings. The van der Waals surface area contributed by atoms with Gasteiger partial charge in [0, 0.05) is 5.57 Å². The van der Waals surface area contributed by atoms with Crippen molar-refractivity contribution in [2.75, 3.05) is 12.0 Å². The standard InChI is InChI=1S/C27H28N4O3/c1-17(2)21-10-12-22(13-11-21)25-23(15-19-6-8-20(9-7-19)16-28-34-4)26(32)27(33)31(25)24-14-5-18(3)29-30-24/h5-14,16-17,25,32H,15H2,1-4H3/b28-16-. The summed E-state index contributed by atoms with van der Waals surface area (Å²) >= 11 is 0. The summed E-state index contributed by atoms with van der Waals surface area (Å²) in [6.07, 6.45) is 2.03. The molecule has 0 fully saturated rings. The number of aliphatic hydroxyl groups excluding tert-OH is 1. The number of aryl methyl sites for hydroxylation is 1. The monoisotopic (exact) mass is 456 g/mol. The van der Waals surface area contributed by atoms with Crippen LogP contribution in [0.4, 0.5) is 5.82 Å². The molecule has 0 aliphatic carbocycles. The summed E-state index contributed by atoms with van der Waals surface area (Å²) in [7, 11) is 1.50. The number of carbonyl (C=O) groups is 1. The highest BCUT2D eigenvalue weighted by Gasteiger charge is 2.42. The van der Waals surface area contributed by atoms with E-state index in [1.165, 1.54) is 17.6 Å². The van der Waals surface area contributed by atoms with Gasteiger partial charge in [-0.3, -0.25) is 9.69 Å². The van der Waals surface area contributed by atoms with E-state index in [0.717, 1.165) is 22.4 Å². The normalized spacial score (nSPS) is 16.2. The summed E-state index contributed by atoms with van der Waals surface area (Å²) in [4.78, 5) is 19.5. The molecule has 34 heavy (non-hydrogen) atoms. The molecule has 2 aromatic carbocycles. The van der Waals surface area contributed by atoms with Crippen LogP contribution in [0.2, 0.25) is 0 Å². The van der Waals surface area contributed by atoms with Crippen LogP contribution in [0, 0.1) is 6.92 Å². The number of hydrogen-bond donors (Lipinski definition) is 1. The second kappa shape index (κ2) is 9.87. The third kappa shape index (κ3) is 4.69. The van der Waals surface area contributed by atoms with Crippen molar-refractivity contribution in [1.82, 2.24) is 10.2 Å². The summed E-state index contributed by atoms with van der Waals surface area (Å²) in [6.45, 7) is 6.12. The first-order chi connectivity index (χ1) is 16.4. The molecule has 2 heterocycles. The first-order valence-electron chi connectivity index (χ1n) is 11.2. The maximum Gasteiger partial charge on any atom is 0.295 e. The van der Waals surface area contributed by atoms with Crippen molar-refractivity contribution in [3.05, 3.63) is 99.9 Å². The first-order valence-corrected chi connectivity index (χ1v) is 11.2. The fourth-order valence-corrected chi connectivity index (χ4v) is 4.06. The average Bonchev–Trinajstić information content (AvgIpc) is 3.09. The molecule has 1 atom stereocenters. The Bertz CT molecular complexity index is 1210. The molecule has 1 N–H and O–H groups in total. The minimum absolute atomic E-state index is 0.245. The third-order valence-corrected chi connectivity index (χ3v) is 5.94. The number of anilines is 1. The van der Waals surface area contributed by atoms with Crippen LogP contribution in [0.5, 0.6) is 0 Å². The third-order valence-electron chi connectivity index (χ3n) is 5.94. The number of oxime groups is 1. The number of hydrogen-bond acceptors (Lipinski definition) is 6. The van der Waals surface area contributed by atoms with E-state index < -0.39 is 11.9 Å². The molecule has 3 aromatic rings. The van der Waals surface area contributed by atoms with Gasteiger partial charge in [0.05, 0.1) is 18.0 Å². The number of aliphatic hydroxyl groups is 1. The van der Waals surface area contributed by atoms with E-state index in [2.05, 4.69) is 41.3 Å². The van der Waals surface area contributed by atoms with Gasteiger partial charge in [-0.15, -0.1) is 5.10 Å². The van der Waals surface area contributed by atoms with Gasteiger partial charge in [0.2, 0.25) is 0 Å². The van der Waals surface area contributed by atoms with Gasteiger partial charge in [0.1, 0.15) is 7.11 Å². The Labute approximate surface area is 199 Å². The summed E-state index contributed by atoms with van der Waals surface area (Å²) in [5.74, 6) is 0.0726. The van der Waals surface area contributed by atoms with Crippen LogP contribution in [-0.4, -0.2) is 34.5 Å². The van der Waals surface area contributed by atoms with Crippen molar-refractivity contribution in [2.24, 2.45) is 5.16 Å². The summed E-state index contributed by atoms with van der Waals surface area (Å²) < 4.78 is 0. The molecule has 0 saturated carbocycles. The van der Waals surface area contributed by atoms with E-state index in [9.17, 15) is 9.90 Å². The molecule has 1 aromatic heterocycles. The van der Waals surface area contributed by atoms with Crippen LogP contribution in [0.25, 0.3) is 0 Å². The molecule has 0 bridgehead atoms. The zero-order valence-electron chi connectivity index (χ0n) is 19.8. The summed E-state index contributed by atoms with van der Waals surface area (Å²) in [5, 5.41) is 23.1. The van der Waals surface area contributed by atoms with Gasteiger partial charge in [-0.1, -0.05) is 67.5 Å². The number of aromatic nitrogens is 2. The highest BCUT2D eigenvalue weighted by atomic mass is 16.6. The Morgan fingerprint density at radius 2 is 1.76 bits per heavy atom. The lowest BCUT2D eigenvalue weighted by Gasteiger charge is -2.26. The van der Waals surface area contributed by atoms with Crippen molar-refractivity contribution < 1.29 is 14.7 Å². The van der Waals surface area contributed by atoms with Gasteiger partial charge in [-0.05, 0) is 53.6 Å². The van der Waals surface area contributed by atoms with E-state index in [1.54, 1.807) is 12.3 Å². The lowest BCUT2D eigenvalue weighted by atomic mass is 9.92. The van der Waals surface area contributed by atoms with Crippen LogP contribution >= 0.6 is 0 Å². The summed E-state index contributed by atoms with van der Waals surface area (Å²) in [5.41, 5.74) is 5.35. The van der Waals surface area contributed by atoms with E-state index in [-0.39, 0.29) is 5.76 Å². The molecule has 1 aliphatic heterocycles. The zero-order chi connectivity index (χ0) is 24.2. The maximum atomic E-state index is 13.2. The molecule has 0 radical (unpaired) electrons. The van der Waals surface area contributed by atoms with E-state index >= 15 is 0 Å². The lowest BCUT2D eigenvalue weighted by molar-refractivity contribution is -0.117. The van der Waals surface area contributed by atoms with Gasteiger partial charge < -0.3 is 9.94 Å². The van der Waals surface area contributed by atoms with Crippen LogP contribution in [0.1, 0.15) is 53.8 Å². The van der Waals surface area contributed by atoms with Crippen molar-refractivity contribution >= 4 is 17.9 Å². The summed E-state index contributed by atoms with van der Waals surface area (Å²) in [6, 6.07) is 19.0. The van der Waals surface area contributed by atoms with Crippen molar-refractivity contribution in [3.8, 4) is 0 Å². The Kier molecular flexibility index (Phi) is 6.72. The van der Waals surface area contributed by atoms with Crippen molar-refractivity contribution in [2.45, 2.75) is 39.2 Å². The minimum Gasteiger partial charge on any atom is -0.503 e. The van der Waals surface area contributed by atoms with Gasteiger partial charge >= 0.3 is 0 Å². The number of benzene rings is 2. The minimum atomic E-state index is -0.486. The molecule has 0 saturated heterocycles. The average molecular weight is 457 g/mol. The predicted octanol–water partition coefficient (Wildman–Crippen LogP) is 5.03. The molecule has 7 nitrogen and oxygen atoms in total. The van der Waals surface area contributed by atoms with Gasteiger partial charge in [-0.2, -0.15) is 5.10 Å². The molecule has 1 unspecified atom stereocenters. The Morgan fingerprint density at radius 1 is 1.06 bits per heavy atom. The molecule has 0 spiro atoms. The van der Waals surface area contributed by atoms with E-state index in [0.29, 0.717) is 23.7 Å². The smallest absolute Gasteiger partial charge is 0.295 e. The molecule has 174 valence electrons. The van der Waals surface area contributed by atoms with Gasteiger partial charge in [0.25, 0.3) is 5.91 Å². The Morgan fingerprint density at radius 3 is 2.35 bits per heavy atom. The second-order valence-electron chi connectivity index (χ2n) is 8.64. The molecular formula is C27H28N4O3. The van der Waals surface area contributed by atoms with Crippen molar-refractivity contribution in [1.29, 1.82) is 0 Å². The largest absolute Gasteiger partial charge is 0.503 e. The Balaban J connectivity index is 1.73. The van der Waals surface area contributed by atoms with Crippen LogP contribution in [-0.2, 0) is 16.1 Å². The molecule has 4 rings (SSSR count). The number of rotatable bonds is 7. The first kappa shape index (κ1) is 23.2. The maximum absolute atomic E-state index is 13.2. The molecule has 7 heteroatoms. The van der Waals surface area contributed by atoms with Crippen LogP contribution < -0.4 is 4.90 Å². The van der Waals surface area contributed by atoms with E-state index in [1.807, 2.05) is 49.4 Å². The highest BCUT2D eigenvalue weighted by molar-refractivity contribution is 6.08. The van der Waals surface area contributed by atoms with Gasteiger partial charge in [0.15, 0.2) is 11.6 Å². The zero-order valence-corrected chi connectivity index (χ0v) is 19.8. The molecule has 1 amide bonds. The van der Waals surface area contributed by atoms with Gasteiger partial charge in [-0.25, -0.2) is 0 Å². The predicted molar refractivity (Wildman–Crippen MR) is 132 cm³/mol. The van der Waals surface area contributed by atoms with Crippen LogP contribution in [0.15, 0.2) is 77.2 Å². The topological polar surface area (TPSA) is 87.9 Å². The van der Waals surface area contributed by atoms with E-state index in [4.69, 9.17) is 4.84 Å². The highest BCUT2D eigenvalue weighted by Crippen LogP contribution is 2.41. The number of amides is 1. The fourth-order valence-electron chi connectivity index (χ4n) is 4.06. The fraction of sp³-hybridized carbons (Fsp3) is 0.259. The quantitative estimate of drug-likeness (QED) is 0.398. The van der Waals surface area contributed by atoms with Crippen LogP contribution in [0.3, 0.4) is 0 Å². The lowest BCUT2D eigenvalue weighted by Crippen LogP contribution is -2.31. The van der Waals surface area contributed by atoms with Crippen molar-refractivity contribution in [3.63, 3.8) is 0 Å². The Hall–Kier alpha value is -4.00. The SMILES string of the molecule is CO/N=C\c1ccc(CC2=C(O)C(=O)N(c3ccc(C)nn3)C2c2ccc(C(C)C)cc2)cc1.